The molecule has 0 spiro atoms. The van der Waals surface area contributed by atoms with Crippen LogP contribution in [0.3, 0.4) is 0 Å². The van der Waals surface area contributed by atoms with Gasteiger partial charge in [0.2, 0.25) is 5.91 Å². The summed E-state index contributed by atoms with van der Waals surface area (Å²) in [6, 6.07) is 1.65. The van der Waals surface area contributed by atoms with Crippen LogP contribution in [-0.2, 0) is 11.3 Å². The third kappa shape index (κ3) is 3.61. The lowest BCUT2D eigenvalue weighted by Crippen LogP contribution is -2.42. The number of amides is 1. The lowest BCUT2D eigenvalue weighted by molar-refractivity contribution is -0.133. The van der Waals surface area contributed by atoms with Gasteiger partial charge in [-0.25, -0.2) is 9.78 Å². The highest BCUT2D eigenvalue weighted by atomic mass is 16.2. The van der Waals surface area contributed by atoms with E-state index >= 15 is 0 Å². The van der Waals surface area contributed by atoms with Crippen molar-refractivity contribution in [2.24, 2.45) is 0 Å². The largest absolute Gasteiger partial charge is 0.347 e. The van der Waals surface area contributed by atoms with Crippen molar-refractivity contribution < 1.29 is 4.79 Å². The first-order valence-corrected chi connectivity index (χ1v) is 7.71. The summed E-state index contributed by atoms with van der Waals surface area (Å²) in [5.74, 6) is 0.135. The highest BCUT2D eigenvalue weighted by molar-refractivity contribution is 5.76. The SMILES string of the molecule is Cc1cncc([C@H]2CCCN(C(=O)Cn3cccnc3=O)C2)n1. The Labute approximate surface area is 134 Å². The van der Waals surface area contributed by atoms with Gasteiger partial charge < -0.3 is 4.90 Å². The lowest BCUT2D eigenvalue weighted by Gasteiger charge is -2.32. The smallest absolute Gasteiger partial charge is 0.340 e. The van der Waals surface area contributed by atoms with Gasteiger partial charge in [-0.2, -0.15) is 0 Å². The Morgan fingerprint density at radius 2 is 2.26 bits per heavy atom. The molecular formula is C16H19N5O2. The molecule has 3 rings (SSSR count). The van der Waals surface area contributed by atoms with E-state index in [1.807, 2.05) is 6.92 Å². The fraction of sp³-hybridized carbons (Fsp3) is 0.438. The van der Waals surface area contributed by atoms with Crippen LogP contribution >= 0.6 is 0 Å². The highest BCUT2D eigenvalue weighted by Crippen LogP contribution is 2.25. The van der Waals surface area contributed by atoms with Crippen molar-refractivity contribution in [3.8, 4) is 0 Å². The number of carbonyl (C=O) groups excluding carboxylic acids is 1. The molecule has 0 aliphatic carbocycles. The quantitative estimate of drug-likeness (QED) is 0.835. The molecule has 0 radical (unpaired) electrons. The van der Waals surface area contributed by atoms with Crippen LogP contribution in [0.4, 0.5) is 0 Å². The molecule has 1 aliphatic rings. The number of hydrogen-bond acceptors (Lipinski definition) is 5. The second-order valence-corrected chi connectivity index (χ2v) is 5.79. The van der Waals surface area contributed by atoms with Gasteiger partial charge in [0.1, 0.15) is 6.54 Å². The molecule has 1 atom stereocenters. The van der Waals surface area contributed by atoms with Crippen LogP contribution in [0.2, 0.25) is 0 Å². The Morgan fingerprint density at radius 1 is 1.39 bits per heavy atom. The fourth-order valence-corrected chi connectivity index (χ4v) is 2.88. The van der Waals surface area contributed by atoms with Gasteiger partial charge in [-0.1, -0.05) is 0 Å². The molecule has 7 heteroatoms. The topological polar surface area (TPSA) is 81.0 Å². The second kappa shape index (κ2) is 6.68. The number of carbonyl (C=O) groups is 1. The molecule has 1 aliphatic heterocycles. The average Bonchev–Trinajstić information content (AvgIpc) is 2.57. The van der Waals surface area contributed by atoms with E-state index in [0.29, 0.717) is 13.1 Å². The molecule has 0 N–H and O–H groups in total. The third-order valence-corrected chi connectivity index (χ3v) is 4.05. The first kappa shape index (κ1) is 15.3. The van der Waals surface area contributed by atoms with E-state index in [1.54, 1.807) is 29.6 Å². The summed E-state index contributed by atoms with van der Waals surface area (Å²) in [4.78, 5) is 38.3. The Bertz CT molecular complexity index is 758. The van der Waals surface area contributed by atoms with Crippen LogP contribution in [0, 0.1) is 6.92 Å². The fourth-order valence-electron chi connectivity index (χ4n) is 2.88. The molecule has 1 amide bonds. The molecule has 120 valence electrons. The van der Waals surface area contributed by atoms with Gasteiger partial charge in [-0.05, 0) is 25.8 Å². The molecule has 2 aromatic rings. The minimum Gasteiger partial charge on any atom is -0.340 e. The molecule has 0 aromatic carbocycles. The van der Waals surface area contributed by atoms with E-state index in [1.165, 1.54) is 10.8 Å². The van der Waals surface area contributed by atoms with E-state index in [2.05, 4.69) is 15.0 Å². The normalized spacial score (nSPS) is 18.0. The Morgan fingerprint density at radius 3 is 3.04 bits per heavy atom. The summed E-state index contributed by atoms with van der Waals surface area (Å²) >= 11 is 0. The second-order valence-electron chi connectivity index (χ2n) is 5.79. The maximum absolute atomic E-state index is 12.5. The first-order valence-electron chi connectivity index (χ1n) is 7.71. The van der Waals surface area contributed by atoms with Crippen LogP contribution in [0.5, 0.6) is 0 Å². The van der Waals surface area contributed by atoms with Gasteiger partial charge in [-0.3, -0.25) is 19.3 Å². The summed E-state index contributed by atoms with van der Waals surface area (Å²) < 4.78 is 1.33. The molecule has 1 fully saturated rings. The number of aryl methyl sites for hydroxylation is 1. The number of likely N-dealkylation sites (tertiary alicyclic amines) is 1. The molecular weight excluding hydrogens is 294 g/mol. The summed E-state index contributed by atoms with van der Waals surface area (Å²) in [6.07, 6.45) is 8.43. The highest BCUT2D eigenvalue weighted by Gasteiger charge is 2.26. The number of aromatic nitrogens is 4. The van der Waals surface area contributed by atoms with Crippen LogP contribution < -0.4 is 5.69 Å². The van der Waals surface area contributed by atoms with Crippen LogP contribution in [0.25, 0.3) is 0 Å². The van der Waals surface area contributed by atoms with Gasteiger partial charge >= 0.3 is 5.69 Å². The zero-order chi connectivity index (χ0) is 16.2. The molecule has 3 heterocycles. The predicted molar refractivity (Wildman–Crippen MR) is 83.8 cm³/mol. The van der Waals surface area contributed by atoms with Gasteiger partial charge in [0, 0.05) is 43.8 Å². The molecule has 23 heavy (non-hydrogen) atoms. The van der Waals surface area contributed by atoms with E-state index < -0.39 is 5.69 Å². The van der Waals surface area contributed by atoms with Gasteiger partial charge in [0.25, 0.3) is 0 Å². The molecule has 0 unspecified atom stereocenters. The zero-order valence-corrected chi connectivity index (χ0v) is 13.1. The van der Waals surface area contributed by atoms with Crippen LogP contribution in [0.1, 0.15) is 30.1 Å². The summed E-state index contributed by atoms with van der Waals surface area (Å²) in [5.41, 5.74) is 1.41. The lowest BCUT2D eigenvalue weighted by atomic mass is 9.95. The van der Waals surface area contributed by atoms with Crippen LogP contribution in [0.15, 0.2) is 35.6 Å². The molecule has 0 saturated carbocycles. The summed E-state index contributed by atoms with van der Waals surface area (Å²) in [7, 11) is 0. The van der Waals surface area contributed by atoms with Crippen LogP contribution in [-0.4, -0.2) is 43.4 Å². The minimum absolute atomic E-state index is 0.0267. The van der Waals surface area contributed by atoms with Gasteiger partial charge in [0.05, 0.1) is 11.4 Å². The van der Waals surface area contributed by atoms with E-state index in [9.17, 15) is 9.59 Å². The number of nitrogens with zero attached hydrogens (tertiary/aromatic N) is 5. The summed E-state index contributed by atoms with van der Waals surface area (Å²) in [5, 5.41) is 0. The van der Waals surface area contributed by atoms with Crippen molar-refractivity contribution in [1.82, 2.24) is 24.4 Å². The number of piperidine rings is 1. The molecule has 0 bridgehead atoms. The third-order valence-electron chi connectivity index (χ3n) is 4.05. The van der Waals surface area contributed by atoms with Gasteiger partial charge in [0.15, 0.2) is 0 Å². The van der Waals surface area contributed by atoms with Gasteiger partial charge in [-0.15, -0.1) is 0 Å². The Balaban J connectivity index is 1.70. The predicted octanol–water partition coefficient (Wildman–Crippen LogP) is 0.748. The van der Waals surface area contributed by atoms with Crippen molar-refractivity contribution in [2.45, 2.75) is 32.2 Å². The maximum atomic E-state index is 12.5. The van der Waals surface area contributed by atoms with E-state index in [0.717, 1.165) is 24.2 Å². The summed E-state index contributed by atoms with van der Waals surface area (Å²) in [6.45, 7) is 3.27. The average molecular weight is 313 g/mol. The standard InChI is InChI=1S/C16H19N5O2/c1-12-8-17-9-14(19-12)13-4-2-6-20(10-13)15(22)11-21-7-3-5-18-16(21)23/h3,5,7-9,13H,2,4,6,10-11H2,1H3/t13-/m0/s1. The number of hydrogen-bond donors (Lipinski definition) is 0. The van der Waals surface area contributed by atoms with E-state index in [4.69, 9.17) is 0 Å². The Hall–Kier alpha value is -2.57. The van der Waals surface area contributed by atoms with Crippen molar-refractivity contribution in [1.29, 1.82) is 0 Å². The van der Waals surface area contributed by atoms with Crippen molar-refractivity contribution in [2.75, 3.05) is 13.1 Å². The minimum atomic E-state index is -0.404. The number of rotatable bonds is 3. The molecule has 7 nitrogen and oxygen atoms in total. The maximum Gasteiger partial charge on any atom is 0.347 e. The van der Waals surface area contributed by atoms with Crippen molar-refractivity contribution in [3.63, 3.8) is 0 Å². The van der Waals surface area contributed by atoms with Crippen molar-refractivity contribution >= 4 is 5.91 Å². The Kier molecular flexibility index (Phi) is 4.45. The van der Waals surface area contributed by atoms with Crippen molar-refractivity contribution in [3.05, 3.63) is 52.7 Å². The monoisotopic (exact) mass is 313 g/mol. The molecule has 2 aromatic heterocycles. The first-order chi connectivity index (χ1) is 11.1. The van der Waals surface area contributed by atoms with E-state index in [-0.39, 0.29) is 18.4 Å². The zero-order valence-electron chi connectivity index (χ0n) is 13.1. The molecule has 1 saturated heterocycles.